The van der Waals surface area contributed by atoms with Crippen molar-refractivity contribution in [3.63, 3.8) is 0 Å². The highest BCUT2D eigenvalue weighted by atomic mass is 16.1. The van der Waals surface area contributed by atoms with E-state index in [0.29, 0.717) is 11.5 Å². The average Bonchev–Trinajstić information content (AvgIpc) is 2.62. The van der Waals surface area contributed by atoms with Gasteiger partial charge >= 0.3 is 0 Å². The molecule has 0 fully saturated rings. The first-order chi connectivity index (χ1) is 12.4. The molecule has 5 heteroatoms. The molecule has 1 aromatic heterocycles. The lowest BCUT2D eigenvalue weighted by Crippen LogP contribution is -2.15. The lowest BCUT2D eigenvalue weighted by atomic mass is 9.87. The van der Waals surface area contributed by atoms with Crippen molar-refractivity contribution in [2.75, 3.05) is 10.6 Å². The van der Waals surface area contributed by atoms with Crippen LogP contribution in [0.5, 0.6) is 0 Å². The van der Waals surface area contributed by atoms with Gasteiger partial charge in [0.25, 0.3) is 5.91 Å². The molecule has 0 aliphatic heterocycles. The number of rotatable bonds is 4. The minimum absolute atomic E-state index is 0.0766. The SMILES string of the molecule is CC(C)(C)c1ccc(NC(=O)c2cc(Nc3ccccc3)ncn2)cc1. The summed E-state index contributed by atoms with van der Waals surface area (Å²) in [5.74, 6) is 0.298. The van der Waals surface area contributed by atoms with Gasteiger partial charge in [-0.15, -0.1) is 0 Å². The minimum Gasteiger partial charge on any atom is -0.340 e. The maximum absolute atomic E-state index is 12.5. The van der Waals surface area contributed by atoms with Gasteiger partial charge in [-0.3, -0.25) is 4.79 Å². The molecule has 132 valence electrons. The highest BCUT2D eigenvalue weighted by Crippen LogP contribution is 2.23. The minimum atomic E-state index is -0.271. The van der Waals surface area contributed by atoms with Crippen LogP contribution in [0.1, 0.15) is 36.8 Å². The summed E-state index contributed by atoms with van der Waals surface area (Å²) < 4.78 is 0. The number of anilines is 3. The van der Waals surface area contributed by atoms with Crippen molar-refractivity contribution in [2.24, 2.45) is 0 Å². The third kappa shape index (κ3) is 4.45. The molecule has 0 aliphatic rings. The Morgan fingerprint density at radius 2 is 1.58 bits per heavy atom. The summed E-state index contributed by atoms with van der Waals surface area (Å²) in [5.41, 5.74) is 3.23. The molecule has 26 heavy (non-hydrogen) atoms. The average molecular weight is 346 g/mol. The van der Waals surface area contributed by atoms with Crippen molar-refractivity contribution in [1.29, 1.82) is 0 Å². The molecule has 0 bridgehead atoms. The maximum Gasteiger partial charge on any atom is 0.274 e. The number of hydrogen-bond acceptors (Lipinski definition) is 4. The fourth-order valence-electron chi connectivity index (χ4n) is 2.47. The van der Waals surface area contributed by atoms with Crippen LogP contribution in [-0.2, 0) is 5.41 Å². The molecular formula is C21H22N4O. The van der Waals surface area contributed by atoms with E-state index < -0.39 is 0 Å². The van der Waals surface area contributed by atoms with Crippen LogP contribution in [-0.4, -0.2) is 15.9 Å². The third-order valence-corrected chi connectivity index (χ3v) is 3.95. The van der Waals surface area contributed by atoms with Crippen LogP contribution in [0.4, 0.5) is 17.2 Å². The molecule has 2 aromatic carbocycles. The van der Waals surface area contributed by atoms with Crippen LogP contribution in [0.3, 0.4) is 0 Å². The molecule has 0 radical (unpaired) electrons. The van der Waals surface area contributed by atoms with E-state index >= 15 is 0 Å². The summed E-state index contributed by atoms with van der Waals surface area (Å²) >= 11 is 0. The number of para-hydroxylation sites is 1. The molecule has 1 amide bonds. The maximum atomic E-state index is 12.5. The van der Waals surface area contributed by atoms with Gasteiger partial charge in [-0.25, -0.2) is 9.97 Å². The van der Waals surface area contributed by atoms with E-state index in [-0.39, 0.29) is 11.3 Å². The number of benzene rings is 2. The Kier molecular flexibility index (Phi) is 4.98. The highest BCUT2D eigenvalue weighted by Gasteiger charge is 2.14. The quantitative estimate of drug-likeness (QED) is 0.714. The molecule has 0 saturated heterocycles. The van der Waals surface area contributed by atoms with Crippen molar-refractivity contribution < 1.29 is 4.79 Å². The van der Waals surface area contributed by atoms with Gasteiger partial charge in [0.1, 0.15) is 17.8 Å². The standard InChI is InChI=1S/C21H22N4O/c1-21(2,3)15-9-11-17(12-10-15)25-20(26)18-13-19(23-14-22-18)24-16-7-5-4-6-8-16/h4-14H,1-3H3,(H,25,26)(H,22,23,24). The second kappa shape index (κ2) is 7.35. The summed E-state index contributed by atoms with van der Waals surface area (Å²) in [4.78, 5) is 20.7. The molecular weight excluding hydrogens is 324 g/mol. The number of carbonyl (C=O) groups excluding carboxylic acids is 1. The number of hydrogen-bond donors (Lipinski definition) is 2. The van der Waals surface area contributed by atoms with Gasteiger partial charge in [0.2, 0.25) is 0 Å². The van der Waals surface area contributed by atoms with Gasteiger partial charge in [-0.05, 0) is 35.2 Å². The predicted octanol–water partition coefficient (Wildman–Crippen LogP) is 4.77. The van der Waals surface area contributed by atoms with Crippen molar-refractivity contribution in [3.8, 4) is 0 Å². The number of nitrogens with zero attached hydrogens (tertiary/aromatic N) is 2. The summed E-state index contributed by atoms with van der Waals surface area (Å²) in [7, 11) is 0. The van der Waals surface area contributed by atoms with Gasteiger partial charge in [0.15, 0.2) is 0 Å². The van der Waals surface area contributed by atoms with E-state index in [1.165, 1.54) is 11.9 Å². The molecule has 0 atom stereocenters. The van der Waals surface area contributed by atoms with Gasteiger partial charge < -0.3 is 10.6 Å². The normalized spacial score (nSPS) is 11.0. The number of nitrogens with one attached hydrogen (secondary N) is 2. The van der Waals surface area contributed by atoms with Crippen LogP contribution in [0, 0.1) is 0 Å². The van der Waals surface area contributed by atoms with Gasteiger partial charge in [-0.1, -0.05) is 51.1 Å². The van der Waals surface area contributed by atoms with Crippen molar-refractivity contribution >= 4 is 23.1 Å². The van der Waals surface area contributed by atoms with Crippen LogP contribution in [0.15, 0.2) is 67.0 Å². The van der Waals surface area contributed by atoms with E-state index in [1.54, 1.807) is 6.07 Å². The Hall–Kier alpha value is -3.21. The van der Waals surface area contributed by atoms with Gasteiger partial charge in [0.05, 0.1) is 0 Å². The molecule has 0 spiro atoms. The highest BCUT2D eigenvalue weighted by molar-refractivity contribution is 6.03. The topological polar surface area (TPSA) is 66.9 Å². The zero-order valence-corrected chi connectivity index (χ0v) is 15.2. The lowest BCUT2D eigenvalue weighted by Gasteiger charge is -2.19. The first-order valence-corrected chi connectivity index (χ1v) is 8.48. The summed E-state index contributed by atoms with van der Waals surface area (Å²) in [6, 6.07) is 19.1. The van der Waals surface area contributed by atoms with Crippen LogP contribution < -0.4 is 10.6 Å². The second-order valence-electron chi connectivity index (χ2n) is 7.06. The Balaban J connectivity index is 1.71. The van der Waals surface area contributed by atoms with E-state index in [9.17, 15) is 4.79 Å². The molecule has 2 N–H and O–H groups in total. The van der Waals surface area contributed by atoms with Crippen molar-refractivity contribution in [1.82, 2.24) is 9.97 Å². The molecule has 3 aromatic rings. The lowest BCUT2D eigenvalue weighted by molar-refractivity contribution is 0.102. The first kappa shape index (κ1) is 17.6. The molecule has 5 nitrogen and oxygen atoms in total. The monoisotopic (exact) mass is 346 g/mol. The molecule has 1 heterocycles. The van der Waals surface area contributed by atoms with Gasteiger partial charge in [-0.2, -0.15) is 0 Å². The van der Waals surface area contributed by atoms with Crippen molar-refractivity contribution in [2.45, 2.75) is 26.2 Å². The first-order valence-electron chi connectivity index (χ1n) is 8.48. The summed E-state index contributed by atoms with van der Waals surface area (Å²) in [5, 5.41) is 6.03. The smallest absolute Gasteiger partial charge is 0.274 e. The number of carbonyl (C=O) groups is 1. The van der Waals surface area contributed by atoms with Crippen LogP contribution in [0.25, 0.3) is 0 Å². The predicted molar refractivity (Wildman–Crippen MR) is 105 cm³/mol. The van der Waals surface area contributed by atoms with E-state index in [1.807, 2.05) is 54.6 Å². The second-order valence-corrected chi connectivity index (χ2v) is 7.06. The fourth-order valence-corrected chi connectivity index (χ4v) is 2.47. The summed E-state index contributed by atoms with van der Waals surface area (Å²) in [6.07, 6.45) is 1.38. The Morgan fingerprint density at radius 1 is 0.885 bits per heavy atom. The molecule has 0 unspecified atom stereocenters. The molecule has 0 saturated carbocycles. The molecule has 3 rings (SSSR count). The largest absolute Gasteiger partial charge is 0.340 e. The van der Waals surface area contributed by atoms with E-state index in [0.717, 1.165) is 11.4 Å². The third-order valence-electron chi connectivity index (χ3n) is 3.95. The van der Waals surface area contributed by atoms with Crippen LogP contribution >= 0.6 is 0 Å². The number of aromatic nitrogens is 2. The van der Waals surface area contributed by atoms with Crippen LogP contribution in [0.2, 0.25) is 0 Å². The van der Waals surface area contributed by atoms with E-state index in [2.05, 4.69) is 41.4 Å². The zero-order valence-electron chi connectivity index (χ0n) is 15.2. The Bertz CT molecular complexity index is 884. The van der Waals surface area contributed by atoms with Crippen molar-refractivity contribution in [3.05, 3.63) is 78.2 Å². The Labute approximate surface area is 153 Å². The van der Waals surface area contributed by atoms with Gasteiger partial charge in [0, 0.05) is 17.4 Å². The zero-order chi connectivity index (χ0) is 18.6. The number of amides is 1. The molecule has 0 aliphatic carbocycles. The fraction of sp³-hybridized carbons (Fsp3) is 0.190. The Morgan fingerprint density at radius 3 is 2.23 bits per heavy atom. The van der Waals surface area contributed by atoms with E-state index in [4.69, 9.17) is 0 Å². The summed E-state index contributed by atoms with van der Waals surface area (Å²) in [6.45, 7) is 6.47.